The van der Waals surface area contributed by atoms with Gasteiger partial charge < -0.3 is 10.4 Å². The smallest absolute Gasteiger partial charge is 0.247 e. The molecule has 1 aromatic rings. The van der Waals surface area contributed by atoms with Gasteiger partial charge >= 0.3 is 0 Å². The fourth-order valence-corrected chi connectivity index (χ4v) is 4.78. The Kier molecular flexibility index (Phi) is 5.00. The summed E-state index contributed by atoms with van der Waals surface area (Å²) in [6.07, 6.45) is 2.88. The lowest BCUT2D eigenvalue weighted by atomic mass is 9.74. The second kappa shape index (κ2) is 6.73. The van der Waals surface area contributed by atoms with Crippen LogP contribution in [0.15, 0.2) is 17.0 Å². The van der Waals surface area contributed by atoms with E-state index in [9.17, 15) is 23.1 Å². The molecule has 3 N–H and O–H groups in total. The first-order valence-electron chi connectivity index (χ1n) is 8.54. The molecule has 1 aromatic carbocycles. The summed E-state index contributed by atoms with van der Waals surface area (Å²) in [5, 5.41) is 16.4. The molecule has 148 valence electrons. The van der Waals surface area contributed by atoms with Crippen LogP contribution in [0.1, 0.15) is 26.2 Å². The van der Waals surface area contributed by atoms with Crippen molar-refractivity contribution in [2.75, 3.05) is 19.4 Å². The van der Waals surface area contributed by atoms with Crippen LogP contribution in [-0.4, -0.2) is 61.1 Å². The van der Waals surface area contributed by atoms with Gasteiger partial charge in [-0.3, -0.25) is 14.9 Å². The van der Waals surface area contributed by atoms with Gasteiger partial charge in [-0.2, -0.15) is 0 Å². The molecule has 2 aliphatic carbocycles. The summed E-state index contributed by atoms with van der Waals surface area (Å²) in [5.41, 5.74) is -0.168. The molecule has 0 bridgehead atoms. The number of benzene rings is 1. The number of aromatic hydroxyl groups is 1. The Morgan fingerprint density at radius 3 is 2.30 bits per heavy atom. The molecule has 2 fully saturated rings. The molecule has 2 atom stereocenters. The number of nitrogens with zero attached hydrogens (tertiary/aromatic N) is 1. The van der Waals surface area contributed by atoms with E-state index in [-0.39, 0.29) is 16.2 Å². The fraction of sp³-hybridized carbons (Fsp3) is 0.529. The molecule has 0 saturated heterocycles. The van der Waals surface area contributed by atoms with E-state index in [0.717, 1.165) is 23.6 Å². The van der Waals surface area contributed by atoms with Crippen molar-refractivity contribution in [3.05, 3.63) is 17.2 Å². The van der Waals surface area contributed by atoms with Crippen LogP contribution in [0.5, 0.6) is 5.75 Å². The van der Waals surface area contributed by atoms with Crippen LogP contribution in [0.2, 0.25) is 5.02 Å². The monoisotopic (exact) mass is 415 g/mol. The van der Waals surface area contributed by atoms with Crippen molar-refractivity contribution < 1.29 is 23.1 Å². The molecule has 10 heteroatoms. The van der Waals surface area contributed by atoms with E-state index in [1.807, 2.05) is 6.92 Å². The Hall–Kier alpha value is -1.68. The van der Waals surface area contributed by atoms with Crippen molar-refractivity contribution in [1.82, 2.24) is 9.62 Å². The highest BCUT2D eigenvalue weighted by Crippen LogP contribution is 2.39. The van der Waals surface area contributed by atoms with Crippen molar-refractivity contribution in [2.24, 2.45) is 0 Å². The van der Waals surface area contributed by atoms with Crippen LogP contribution in [0.4, 0.5) is 5.69 Å². The first-order chi connectivity index (χ1) is 12.5. The number of sulfonamides is 1. The molecule has 2 unspecified atom stereocenters. The van der Waals surface area contributed by atoms with Gasteiger partial charge in [0.15, 0.2) is 5.75 Å². The number of hydrogen-bond acceptors (Lipinski definition) is 7. The van der Waals surface area contributed by atoms with Gasteiger partial charge in [-0.25, -0.2) is 12.7 Å². The van der Waals surface area contributed by atoms with Gasteiger partial charge in [0, 0.05) is 19.6 Å². The summed E-state index contributed by atoms with van der Waals surface area (Å²) < 4.78 is 25.8. The third kappa shape index (κ3) is 3.33. The van der Waals surface area contributed by atoms with E-state index in [4.69, 9.17) is 11.6 Å². The van der Waals surface area contributed by atoms with E-state index < -0.39 is 44.3 Å². The molecular formula is C17H22ClN3O5S. The summed E-state index contributed by atoms with van der Waals surface area (Å²) >= 11 is 5.98. The Balaban J connectivity index is 1.89. The number of hydrogen-bond donors (Lipinski definition) is 3. The number of ketones is 2. The normalized spacial score (nSPS) is 24.5. The molecule has 0 aromatic heterocycles. The molecule has 3 rings (SSSR count). The standard InChI is InChI=1S/C17H22ClN3O5S/c1-17(7-4-8-17)20-12-11(14(23)15(12)24)19-10-6-5-9(18)16(13(10)22)27(25,26)21(2)3/h5-6,11-12,19-20,22H,4,7-8H2,1-3H3. The van der Waals surface area contributed by atoms with Crippen molar-refractivity contribution in [1.29, 1.82) is 0 Å². The lowest BCUT2D eigenvalue weighted by Gasteiger charge is -2.46. The lowest BCUT2D eigenvalue weighted by molar-refractivity contribution is -0.146. The molecule has 0 aliphatic heterocycles. The maximum atomic E-state index is 12.4. The van der Waals surface area contributed by atoms with Crippen LogP contribution in [0.25, 0.3) is 0 Å². The fourth-order valence-electron chi connectivity index (χ4n) is 3.30. The van der Waals surface area contributed by atoms with E-state index in [1.165, 1.54) is 26.2 Å². The largest absolute Gasteiger partial charge is 0.504 e. The zero-order valence-corrected chi connectivity index (χ0v) is 16.8. The van der Waals surface area contributed by atoms with Gasteiger partial charge in [-0.1, -0.05) is 11.6 Å². The molecule has 0 spiro atoms. The average Bonchev–Trinajstić information content (AvgIpc) is 2.57. The Morgan fingerprint density at radius 1 is 1.19 bits per heavy atom. The van der Waals surface area contributed by atoms with E-state index in [1.54, 1.807) is 0 Å². The zero-order valence-electron chi connectivity index (χ0n) is 15.2. The van der Waals surface area contributed by atoms with Gasteiger partial charge in [0.1, 0.15) is 17.0 Å². The number of phenols is 1. The predicted molar refractivity (Wildman–Crippen MR) is 101 cm³/mol. The number of halogens is 1. The first-order valence-corrected chi connectivity index (χ1v) is 10.4. The topological polar surface area (TPSA) is 116 Å². The Bertz CT molecular complexity index is 911. The maximum absolute atomic E-state index is 12.4. The minimum Gasteiger partial charge on any atom is -0.504 e. The second-order valence-corrected chi connectivity index (χ2v) is 9.94. The average molecular weight is 416 g/mol. The van der Waals surface area contributed by atoms with Crippen molar-refractivity contribution in [3.8, 4) is 5.75 Å². The minimum atomic E-state index is -4.00. The van der Waals surface area contributed by atoms with Crippen LogP contribution in [0.3, 0.4) is 0 Å². The maximum Gasteiger partial charge on any atom is 0.247 e. The van der Waals surface area contributed by atoms with Gasteiger partial charge in [0.05, 0.1) is 10.7 Å². The van der Waals surface area contributed by atoms with Gasteiger partial charge in [-0.15, -0.1) is 0 Å². The molecule has 0 heterocycles. The van der Waals surface area contributed by atoms with Gasteiger partial charge in [0.25, 0.3) is 0 Å². The van der Waals surface area contributed by atoms with Crippen LogP contribution < -0.4 is 10.6 Å². The number of nitrogens with one attached hydrogen (secondary N) is 2. The molecular weight excluding hydrogens is 394 g/mol. The Labute approximate surface area is 162 Å². The highest BCUT2D eigenvalue weighted by molar-refractivity contribution is 7.89. The first kappa shape index (κ1) is 20.1. The second-order valence-electron chi connectivity index (χ2n) is 7.45. The highest BCUT2D eigenvalue weighted by atomic mass is 35.5. The lowest BCUT2D eigenvalue weighted by Crippen LogP contribution is -2.71. The summed E-state index contributed by atoms with van der Waals surface area (Å²) in [5.74, 6) is -1.71. The number of Topliss-reactive ketones (excluding diaryl/α,β-unsaturated/α-hetero) is 2. The highest BCUT2D eigenvalue weighted by Gasteiger charge is 2.52. The molecule has 8 nitrogen and oxygen atoms in total. The van der Waals surface area contributed by atoms with Crippen LogP contribution in [-0.2, 0) is 19.6 Å². The molecule has 27 heavy (non-hydrogen) atoms. The number of rotatable bonds is 6. The SMILES string of the molecule is CN(C)S(=O)(=O)c1c(Cl)ccc(NC2C(=O)C(=O)C2NC2(C)CCC2)c1O. The molecule has 0 radical (unpaired) electrons. The summed E-state index contributed by atoms with van der Waals surface area (Å²) in [7, 11) is -1.37. The van der Waals surface area contributed by atoms with E-state index >= 15 is 0 Å². The summed E-state index contributed by atoms with van der Waals surface area (Å²) in [4.78, 5) is 23.6. The Morgan fingerprint density at radius 2 is 1.78 bits per heavy atom. The number of phenolic OH excluding ortho intramolecular Hbond substituents is 1. The van der Waals surface area contributed by atoms with E-state index in [2.05, 4.69) is 10.6 Å². The van der Waals surface area contributed by atoms with Crippen molar-refractivity contribution >= 4 is 38.9 Å². The van der Waals surface area contributed by atoms with Gasteiger partial charge in [0.2, 0.25) is 21.6 Å². The minimum absolute atomic E-state index is 0.0243. The van der Waals surface area contributed by atoms with Crippen LogP contribution >= 0.6 is 11.6 Å². The van der Waals surface area contributed by atoms with Crippen molar-refractivity contribution in [2.45, 2.75) is 48.7 Å². The molecule has 2 aliphatic rings. The third-order valence-corrected chi connectivity index (χ3v) is 7.55. The predicted octanol–water partition coefficient (Wildman–Crippen LogP) is 1.13. The number of carbonyl (C=O) groups is 2. The van der Waals surface area contributed by atoms with Crippen LogP contribution in [0, 0.1) is 0 Å². The molecule has 2 saturated carbocycles. The summed E-state index contributed by atoms with van der Waals surface area (Å²) in [6, 6.07) is 1.11. The third-order valence-electron chi connectivity index (χ3n) is 5.24. The zero-order chi connectivity index (χ0) is 20.1. The van der Waals surface area contributed by atoms with Crippen molar-refractivity contribution in [3.63, 3.8) is 0 Å². The number of carbonyl (C=O) groups excluding carboxylic acids is 2. The van der Waals surface area contributed by atoms with E-state index in [0.29, 0.717) is 0 Å². The number of anilines is 1. The summed E-state index contributed by atoms with van der Waals surface area (Å²) in [6.45, 7) is 1.99. The quantitative estimate of drug-likeness (QED) is 0.471. The van der Waals surface area contributed by atoms with Gasteiger partial charge in [-0.05, 0) is 38.3 Å². The molecule has 0 amide bonds.